The molecule has 1 aromatic carbocycles. The third kappa shape index (κ3) is 5.91. The number of hydrogen-bond acceptors (Lipinski definition) is 8. The van der Waals surface area contributed by atoms with Crippen molar-refractivity contribution in [2.24, 2.45) is 0 Å². The first-order valence-electron chi connectivity index (χ1n) is 15.3. The van der Waals surface area contributed by atoms with Crippen molar-refractivity contribution >= 4 is 28.2 Å². The lowest BCUT2D eigenvalue weighted by atomic mass is 10.0. The van der Waals surface area contributed by atoms with E-state index in [1.54, 1.807) is 0 Å². The Bertz CT molecular complexity index is 1610. The number of hydrogen-bond donors (Lipinski definition) is 0. The van der Waals surface area contributed by atoms with Gasteiger partial charge in [0.15, 0.2) is 5.83 Å². The van der Waals surface area contributed by atoms with E-state index in [9.17, 15) is 9.18 Å². The summed E-state index contributed by atoms with van der Waals surface area (Å²) in [6.07, 6.45) is 6.97. The molecule has 1 saturated heterocycles. The second-order valence-corrected chi connectivity index (χ2v) is 12.2. The standard InChI is InChI=1S/C33H39FN8O2/c1-21-7-6-8-24-15-36-17-29(30(21)24)40-12-11-27-28(19-40)37-33(44-20-22(2)39(5)25-9-10-25)38-31(27)41-13-14-42(32(43)23(3)34)26(18-41)16-35-4/h6-8,15,17,22,25-26H,3,9-14,16,18-20H2,1-2,5H3/t22-,26+/m1/s1. The maximum Gasteiger partial charge on any atom is 0.318 e. The normalized spacial score (nSPS) is 19.1. The fourth-order valence-corrected chi connectivity index (χ4v) is 6.45. The van der Waals surface area contributed by atoms with Crippen LogP contribution in [0, 0.1) is 13.5 Å². The highest BCUT2D eigenvalue weighted by atomic mass is 19.1. The van der Waals surface area contributed by atoms with Gasteiger partial charge in [-0.25, -0.2) is 11.0 Å². The SMILES string of the molecule is [C-]#[N+]C[C@H]1CN(c2nc(OC[C@@H](C)N(C)C3CC3)nc3c2CCN(c2cncc4cccc(C)c24)C3)CCN1C(=O)C(=C)F. The second-order valence-electron chi connectivity index (χ2n) is 12.2. The van der Waals surface area contributed by atoms with Crippen LogP contribution in [0.2, 0.25) is 0 Å². The molecule has 1 amide bonds. The molecule has 3 aliphatic rings. The zero-order valence-electron chi connectivity index (χ0n) is 25.7. The molecular weight excluding hydrogens is 559 g/mol. The van der Waals surface area contributed by atoms with Crippen LogP contribution in [0.15, 0.2) is 43.0 Å². The number of ether oxygens (including phenoxy) is 1. The minimum Gasteiger partial charge on any atom is -0.462 e. The monoisotopic (exact) mass is 598 g/mol. The van der Waals surface area contributed by atoms with Crippen LogP contribution in [0.25, 0.3) is 15.6 Å². The Hall–Kier alpha value is -4.30. The highest BCUT2D eigenvalue weighted by Crippen LogP contribution is 2.35. The molecule has 0 bridgehead atoms. The summed E-state index contributed by atoms with van der Waals surface area (Å²) in [5.74, 6) is -0.997. The number of halogens is 1. The van der Waals surface area contributed by atoms with Crippen LogP contribution in [0.3, 0.4) is 0 Å². The first kappa shape index (κ1) is 29.8. The largest absolute Gasteiger partial charge is 0.462 e. The zero-order valence-corrected chi connectivity index (χ0v) is 25.7. The van der Waals surface area contributed by atoms with E-state index in [1.165, 1.54) is 28.7 Å². The maximum absolute atomic E-state index is 13.8. The molecule has 2 aromatic heterocycles. The Kier molecular flexibility index (Phi) is 8.36. The van der Waals surface area contributed by atoms with E-state index in [0.29, 0.717) is 44.7 Å². The number of fused-ring (bicyclic) bond motifs is 2. The van der Waals surface area contributed by atoms with Crippen molar-refractivity contribution in [3.63, 3.8) is 0 Å². The van der Waals surface area contributed by atoms with Gasteiger partial charge in [0.2, 0.25) is 6.54 Å². The second kappa shape index (κ2) is 12.4. The van der Waals surface area contributed by atoms with Gasteiger partial charge < -0.3 is 24.3 Å². The summed E-state index contributed by atoms with van der Waals surface area (Å²) in [6, 6.07) is 6.92. The van der Waals surface area contributed by atoms with Crippen molar-refractivity contribution in [2.45, 2.75) is 57.8 Å². The minimum atomic E-state index is -1.01. The third-order valence-electron chi connectivity index (χ3n) is 9.18. The van der Waals surface area contributed by atoms with Crippen LogP contribution in [0.1, 0.15) is 36.6 Å². The van der Waals surface area contributed by atoms with Crippen LogP contribution < -0.4 is 14.5 Å². The Labute approximate surface area is 258 Å². The Morgan fingerprint density at radius 3 is 2.80 bits per heavy atom. The van der Waals surface area contributed by atoms with Crippen LogP contribution in [-0.2, 0) is 17.8 Å². The lowest BCUT2D eigenvalue weighted by Crippen LogP contribution is -2.57. The number of piperazine rings is 1. The molecule has 0 spiro atoms. The van der Waals surface area contributed by atoms with Gasteiger partial charge in [0.1, 0.15) is 18.5 Å². The summed E-state index contributed by atoms with van der Waals surface area (Å²) in [4.78, 5) is 38.7. The number of rotatable bonds is 9. The number of pyridine rings is 1. The summed E-state index contributed by atoms with van der Waals surface area (Å²) in [6.45, 7) is 17.9. The Morgan fingerprint density at radius 1 is 1.23 bits per heavy atom. The van der Waals surface area contributed by atoms with Crippen LogP contribution in [-0.4, -0.2) is 95.2 Å². The van der Waals surface area contributed by atoms with Gasteiger partial charge in [-0.05, 0) is 45.7 Å². The van der Waals surface area contributed by atoms with Crippen LogP contribution in [0.4, 0.5) is 15.9 Å². The fraction of sp³-hybridized carbons (Fsp3) is 0.485. The van der Waals surface area contributed by atoms with E-state index >= 15 is 0 Å². The Morgan fingerprint density at radius 2 is 2.05 bits per heavy atom. The average molecular weight is 599 g/mol. The molecule has 3 aromatic rings. The molecule has 44 heavy (non-hydrogen) atoms. The van der Waals surface area contributed by atoms with Gasteiger partial charge in [0.05, 0.1) is 24.1 Å². The first-order chi connectivity index (χ1) is 21.2. The molecule has 0 unspecified atom stereocenters. The van der Waals surface area contributed by atoms with E-state index in [-0.39, 0.29) is 19.1 Å². The number of benzene rings is 1. The van der Waals surface area contributed by atoms with Crippen LogP contribution >= 0.6 is 0 Å². The molecule has 11 heteroatoms. The summed E-state index contributed by atoms with van der Waals surface area (Å²) >= 11 is 0. The van der Waals surface area contributed by atoms with E-state index in [1.807, 2.05) is 12.4 Å². The smallest absolute Gasteiger partial charge is 0.318 e. The van der Waals surface area contributed by atoms with Gasteiger partial charge in [0, 0.05) is 60.8 Å². The van der Waals surface area contributed by atoms with Gasteiger partial charge in [-0.2, -0.15) is 9.97 Å². The van der Waals surface area contributed by atoms with Gasteiger partial charge in [-0.1, -0.05) is 24.8 Å². The number of likely N-dealkylation sites (N-methyl/N-ethyl adjacent to an activating group) is 1. The highest BCUT2D eigenvalue weighted by molar-refractivity contribution is 5.96. The first-order valence-corrected chi connectivity index (χ1v) is 15.3. The minimum absolute atomic E-state index is 0.0678. The number of amides is 1. The molecule has 6 rings (SSSR count). The number of carbonyl (C=O) groups excluding carboxylic acids is 1. The number of anilines is 2. The van der Waals surface area contributed by atoms with Gasteiger partial charge in [-0.3, -0.25) is 14.7 Å². The number of carbonyl (C=O) groups is 1. The van der Waals surface area contributed by atoms with Gasteiger partial charge in [-0.15, -0.1) is 0 Å². The number of nitrogens with zero attached hydrogens (tertiary/aromatic N) is 8. The van der Waals surface area contributed by atoms with Crippen molar-refractivity contribution in [3.05, 3.63) is 71.2 Å². The van der Waals surface area contributed by atoms with Crippen molar-refractivity contribution < 1.29 is 13.9 Å². The van der Waals surface area contributed by atoms with E-state index < -0.39 is 17.8 Å². The molecule has 4 heterocycles. The molecule has 230 valence electrons. The van der Waals surface area contributed by atoms with E-state index in [2.05, 4.69) is 70.2 Å². The van der Waals surface area contributed by atoms with Gasteiger partial charge >= 0.3 is 6.01 Å². The Balaban J connectivity index is 1.33. The predicted molar refractivity (Wildman–Crippen MR) is 168 cm³/mol. The topological polar surface area (TPSA) is 82.3 Å². The maximum atomic E-state index is 13.8. The molecule has 0 N–H and O–H groups in total. The average Bonchev–Trinajstić information content (AvgIpc) is 3.88. The van der Waals surface area contributed by atoms with Crippen molar-refractivity contribution in [1.29, 1.82) is 0 Å². The summed E-state index contributed by atoms with van der Waals surface area (Å²) in [5, 5.41) is 2.29. The molecule has 0 radical (unpaired) electrons. The molecule has 1 aliphatic carbocycles. The molecule has 2 aliphatic heterocycles. The van der Waals surface area contributed by atoms with Crippen LogP contribution in [0.5, 0.6) is 6.01 Å². The molecule has 1 saturated carbocycles. The lowest BCUT2D eigenvalue weighted by molar-refractivity contribution is -0.131. The highest BCUT2D eigenvalue weighted by Gasteiger charge is 2.36. The van der Waals surface area contributed by atoms with Crippen molar-refractivity contribution in [1.82, 2.24) is 24.8 Å². The van der Waals surface area contributed by atoms with Crippen molar-refractivity contribution in [2.75, 3.05) is 56.2 Å². The molecule has 10 nitrogen and oxygen atoms in total. The quantitative estimate of drug-likeness (QED) is 0.268. The summed E-state index contributed by atoms with van der Waals surface area (Å²) in [7, 11) is 2.13. The summed E-state index contributed by atoms with van der Waals surface area (Å²) in [5.41, 5.74) is 4.20. The third-order valence-corrected chi connectivity index (χ3v) is 9.18. The summed E-state index contributed by atoms with van der Waals surface area (Å²) < 4.78 is 20.1. The predicted octanol–water partition coefficient (Wildman–Crippen LogP) is 4.18. The lowest BCUT2D eigenvalue weighted by Gasteiger charge is -2.41. The zero-order chi connectivity index (χ0) is 31.0. The molecular formula is C33H39FN8O2. The van der Waals surface area contributed by atoms with E-state index in [0.717, 1.165) is 34.7 Å². The van der Waals surface area contributed by atoms with Crippen molar-refractivity contribution in [3.8, 4) is 6.01 Å². The fourth-order valence-electron chi connectivity index (χ4n) is 6.45. The van der Waals surface area contributed by atoms with Gasteiger partial charge in [0.25, 0.3) is 5.91 Å². The van der Waals surface area contributed by atoms with E-state index in [4.69, 9.17) is 21.3 Å². The number of aryl methyl sites for hydroxylation is 1. The molecule has 2 fully saturated rings. The number of aromatic nitrogens is 3. The molecule has 2 atom stereocenters.